The van der Waals surface area contributed by atoms with Crippen molar-refractivity contribution in [3.8, 4) is 0 Å². The van der Waals surface area contributed by atoms with Gasteiger partial charge in [-0.05, 0) is 29.8 Å². The van der Waals surface area contributed by atoms with Crippen LogP contribution in [0.3, 0.4) is 0 Å². The van der Waals surface area contributed by atoms with Gasteiger partial charge in [-0.15, -0.1) is 0 Å². The number of H-pyrrole nitrogens is 1. The fraction of sp³-hybridized carbons (Fsp3) is 0.222. The van der Waals surface area contributed by atoms with E-state index in [0.717, 1.165) is 16.5 Å². The molecule has 0 saturated carbocycles. The highest BCUT2D eigenvalue weighted by Gasteiger charge is 2.40. The van der Waals surface area contributed by atoms with Crippen LogP contribution < -0.4 is 5.32 Å². The topological polar surface area (TPSA) is 27.8 Å². The van der Waals surface area contributed by atoms with Gasteiger partial charge in [0.25, 0.3) is 0 Å². The maximum absolute atomic E-state index is 13.6. The van der Waals surface area contributed by atoms with Crippen molar-refractivity contribution in [3.63, 3.8) is 0 Å². The minimum atomic E-state index is -0.198. The molecule has 0 fully saturated rings. The van der Waals surface area contributed by atoms with Crippen molar-refractivity contribution in [2.24, 2.45) is 0 Å². The third-order valence-corrected chi connectivity index (χ3v) is 4.63. The lowest BCUT2D eigenvalue weighted by Crippen LogP contribution is -2.25. The van der Waals surface area contributed by atoms with Crippen molar-refractivity contribution < 1.29 is 4.39 Å². The fourth-order valence-corrected chi connectivity index (χ4v) is 3.48. The number of fused-ring (bicyclic) bond motifs is 2. The summed E-state index contributed by atoms with van der Waals surface area (Å²) >= 11 is 0. The van der Waals surface area contributed by atoms with Crippen LogP contribution in [0.5, 0.6) is 0 Å². The Morgan fingerprint density at radius 2 is 1.90 bits per heavy atom. The van der Waals surface area contributed by atoms with E-state index in [1.54, 1.807) is 12.1 Å². The predicted molar refractivity (Wildman–Crippen MR) is 84.1 cm³/mol. The number of benzene rings is 2. The number of nitrogens with one attached hydrogen (secondary N) is 2. The smallest absolute Gasteiger partial charge is 0.123 e. The summed E-state index contributed by atoms with van der Waals surface area (Å²) in [6.07, 6.45) is 2.00. The molecule has 0 saturated heterocycles. The predicted octanol–water partition coefficient (Wildman–Crippen LogP) is 4.75. The van der Waals surface area contributed by atoms with Crippen LogP contribution in [-0.2, 0) is 5.41 Å². The average molecular weight is 280 g/mol. The number of hydrogen-bond donors (Lipinski definition) is 2. The lowest BCUT2D eigenvalue weighted by atomic mass is 9.78. The van der Waals surface area contributed by atoms with Crippen molar-refractivity contribution >= 4 is 16.6 Å². The van der Waals surface area contributed by atoms with Gasteiger partial charge >= 0.3 is 0 Å². The Balaban J connectivity index is 1.89. The van der Waals surface area contributed by atoms with Gasteiger partial charge in [0.15, 0.2) is 0 Å². The van der Waals surface area contributed by atoms with E-state index in [9.17, 15) is 4.39 Å². The van der Waals surface area contributed by atoms with Crippen molar-refractivity contribution in [2.45, 2.75) is 25.3 Å². The number of aromatic amines is 1. The van der Waals surface area contributed by atoms with Gasteiger partial charge < -0.3 is 10.3 Å². The van der Waals surface area contributed by atoms with Crippen LogP contribution >= 0.6 is 0 Å². The molecule has 2 N–H and O–H groups in total. The zero-order valence-electron chi connectivity index (χ0n) is 12.1. The lowest BCUT2D eigenvalue weighted by molar-refractivity contribution is 0.476. The number of halogens is 1. The summed E-state index contributed by atoms with van der Waals surface area (Å²) < 4.78 is 13.6. The summed E-state index contributed by atoms with van der Waals surface area (Å²) in [6.45, 7) is 4.46. The highest BCUT2D eigenvalue weighted by Crippen LogP contribution is 2.49. The Bertz CT molecular complexity index is 832. The van der Waals surface area contributed by atoms with Crippen molar-refractivity contribution in [1.29, 1.82) is 0 Å². The average Bonchev–Trinajstić information content (AvgIpc) is 2.98. The van der Waals surface area contributed by atoms with Gasteiger partial charge in [-0.2, -0.15) is 0 Å². The second-order valence-electron chi connectivity index (χ2n) is 6.28. The maximum atomic E-state index is 13.6. The molecule has 0 aliphatic carbocycles. The van der Waals surface area contributed by atoms with Crippen LogP contribution in [0.1, 0.15) is 31.0 Å². The van der Waals surface area contributed by atoms with Crippen LogP contribution in [0.15, 0.2) is 48.7 Å². The van der Waals surface area contributed by atoms with Crippen LogP contribution in [0.2, 0.25) is 0 Å². The van der Waals surface area contributed by atoms with Gasteiger partial charge in [0.2, 0.25) is 0 Å². The normalized spacial score (nSPS) is 19.5. The molecule has 2 aromatic carbocycles. The van der Waals surface area contributed by atoms with Crippen molar-refractivity contribution in [1.82, 2.24) is 4.98 Å². The highest BCUT2D eigenvalue weighted by molar-refractivity contribution is 5.85. The molecule has 1 unspecified atom stereocenters. The molecule has 21 heavy (non-hydrogen) atoms. The standard InChI is InChI=1S/C18H17FN2/c1-18(2)14-5-3-4-6-16(14)21-17(18)13-10-20-15-8-7-11(19)9-12(13)15/h3-10,17,20-21H,1-2H3. The van der Waals surface area contributed by atoms with Gasteiger partial charge in [0.05, 0.1) is 6.04 Å². The van der Waals surface area contributed by atoms with E-state index in [2.05, 4.69) is 42.3 Å². The van der Waals surface area contributed by atoms with E-state index in [1.165, 1.54) is 17.3 Å². The molecule has 0 bridgehead atoms. The summed E-state index contributed by atoms with van der Waals surface area (Å²) in [6, 6.07) is 13.4. The number of rotatable bonds is 1. The first kappa shape index (κ1) is 12.5. The molecule has 3 aromatic rings. The third-order valence-electron chi connectivity index (χ3n) is 4.63. The second kappa shape index (κ2) is 4.10. The van der Waals surface area contributed by atoms with Gasteiger partial charge in [-0.25, -0.2) is 4.39 Å². The van der Waals surface area contributed by atoms with E-state index in [1.807, 2.05) is 12.3 Å². The summed E-state index contributed by atoms with van der Waals surface area (Å²) in [5.74, 6) is -0.198. The second-order valence-corrected chi connectivity index (χ2v) is 6.28. The Hall–Kier alpha value is -2.29. The van der Waals surface area contributed by atoms with Gasteiger partial charge in [0.1, 0.15) is 5.82 Å². The number of hydrogen-bond acceptors (Lipinski definition) is 1. The largest absolute Gasteiger partial charge is 0.377 e. The lowest BCUT2D eigenvalue weighted by Gasteiger charge is -2.27. The van der Waals surface area contributed by atoms with Crippen molar-refractivity contribution in [2.75, 3.05) is 5.32 Å². The van der Waals surface area contributed by atoms with Crippen LogP contribution in [0.25, 0.3) is 10.9 Å². The Morgan fingerprint density at radius 1 is 1.10 bits per heavy atom. The van der Waals surface area contributed by atoms with Crippen LogP contribution in [-0.4, -0.2) is 4.98 Å². The molecule has 3 heteroatoms. The Labute approximate surface area is 123 Å². The number of para-hydroxylation sites is 1. The van der Waals surface area contributed by atoms with Crippen LogP contribution in [0, 0.1) is 5.82 Å². The van der Waals surface area contributed by atoms with Gasteiger partial charge in [-0.1, -0.05) is 32.0 Å². The molecular formula is C18H17FN2. The molecule has 1 aromatic heterocycles. The first-order chi connectivity index (χ1) is 10.1. The number of aromatic nitrogens is 1. The molecule has 2 heterocycles. The van der Waals surface area contributed by atoms with E-state index >= 15 is 0 Å². The zero-order chi connectivity index (χ0) is 14.6. The quantitative estimate of drug-likeness (QED) is 0.661. The molecule has 2 nitrogen and oxygen atoms in total. The first-order valence-corrected chi connectivity index (χ1v) is 7.20. The van der Waals surface area contributed by atoms with E-state index in [-0.39, 0.29) is 17.3 Å². The highest BCUT2D eigenvalue weighted by atomic mass is 19.1. The summed E-state index contributed by atoms with van der Waals surface area (Å²) in [4.78, 5) is 3.25. The van der Waals surface area contributed by atoms with Gasteiger partial charge in [-0.3, -0.25) is 0 Å². The first-order valence-electron chi connectivity index (χ1n) is 7.20. The summed E-state index contributed by atoms with van der Waals surface area (Å²) in [5.41, 5.74) is 4.52. The molecule has 106 valence electrons. The summed E-state index contributed by atoms with van der Waals surface area (Å²) in [7, 11) is 0. The zero-order valence-corrected chi connectivity index (χ0v) is 12.1. The molecule has 4 rings (SSSR count). The van der Waals surface area contributed by atoms with Gasteiger partial charge in [0, 0.05) is 33.8 Å². The molecule has 1 aliphatic heterocycles. The minimum Gasteiger partial charge on any atom is -0.377 e. The molecule has 1 aliphatic rings. The Morgan fingerprint density at radius 3 is 2.71 bits per heavy atom. The molecule has 1 atom stereocenters. The third kappa shape index (κ3) is 1.70. The summed E-state index contributed by atoms with van der Waals surface area (Å²) in [5, 5.41) is 4.55. The number of anilines is 1. The molecule has 0 amide bonds. The Kier molecular flexibility index (Phi) is 2.43. The minimum absolute atomic E-state index is 0.0436. The van der Waals surface area contributed by atoms with E-state index in [4.69, 9.17) is 0 Å². The van der Waals surface area contributed by atoms with E-state index < -0.39 is 0 Å². The van der Waals surface area contributed by atoms with E-state index in [0.29, 0.717) is 0 Å². The monoisotopic (exact) mass is 280 g/mol. The van der Waals surface area contributed by atoms with Crippen LogP contribution in [0.4, 0.5) is 10.1 Å². The maximum Gasteiger partial charge on any atom is 0.123 e. The molecular weight excluding hydrogens is 263 g/mol. The fourth-order valence-electron chi connectivity index (χ4n) is 3.48. The molecule has 0 radical (unpaired) electrons. The SMILES string of the molecule is CC1(C)c2ccccc2NC1c1c[nH]c2ccc(F)cc12. The van der Waals surface area contributed by atoms with Crippen molar-refractivity contribution in [3.05, 3.63) is 65.6 Å². The molecule has 0 spiro atoms.